The fourth-order valence-electron chi connectivity index (χ4n) is 15.2. The van der Waals surface area contributed by atoms with E-state index in [0.29, 0.717) is 118 Å². The minimum atomic E-state index is -4.04. The number of methoxy groups -OCH3 is 2. The fraction of sp³-hybridized carbons (Fsp3) is 0.524. The van der Waals surface area contributed by atoms with E-state index in [1.54, 1.807) is 137 Å². The first kappa shape index (κ1) is 80.1. The van der Waals surface area contributed by atoms with E-state index in [9.17, 15) is 50.4 Å². The fourth-order valence-corrected chi connectivity index (χ4v) is 18.7. The van der Waals surface area contributed by atoms with Crippen LogP contribution < -0.4 is 44.3 Å². The Hall–Kier alpha value is -9.97. The van der Waals surface area contributed by atoms with Gasteiger partial charge in [-0.15, -0.1) is 13.2 Å². The highest BCUT2D eigenvalue weighted by molar-refractivity contribution is 7.92. The molecule has 8 fully saturated rings. The number of fused-ring (bicyclic) bond motifs is 2. The third-order valence-electron chi connectivity index (χ3n) is 22.2. The maximum atomic E-state index is 14.8. The van der Waals surface area contributed by atoms with Crippen LogP contribution in [0.1, 0.15) is 152 Å². The van der Waals surface area contributed by atoms with Gasteiger partial charge in [-0.2, -0.15) is 0 Å². The normalized spacial score (nSPS) is 24.3. The smallest absolute Gasteiger partial charge is 0.411 e. The first-order chi connectivity index (χ1) is 52.8. The largest absolute Gasteiger partial charge is 0.497 e. The van der Waals surface area contributed by atoms with Crippen LogP contribution in [0.5, 0.6) is 23.0 Å². The van der Waals surface area contributed by atoms with Crippen LogP contribution in [0.3, 0.4) is 0 Å². The van der Waals surface area contributed by atoms with Crippen molar-refractivity contribution in [1.82, 2.24) is 55.1 Å². The number of nitrogens with one attached hydrogen (secondary N) is 5. The Bertz CT molecular complexity index is 4940. The molecule has 6 aliphatic carbocycles. The van der Waals surface area contributed by atoms with Crippen LogP contribution in [-0.2, 0) is 53.5 Å². The molecular weight excluding hydrogens is 1480 g/mol. The first-order valence-corrected chi connectivity index (χ1v) is 41.3. The van der Waals surface area contributed by atoms with E-state index < -0.39 is 141 Å². The Balaban J connectivity index is 0.000000198. The molecule has 14 rings (SSSR count). The summed E-state index contributed by atoms with van der Waals surface area (Å²) in [6.45, 7) is 23.3. The van der Waals surface area contributed by atoms with E-state index in [-0.39, 0.29) is 38.8 Å². The van der Waals surface area contributed by atoms with Gasteiger partial charge in [0.25, 0.3) is 11.8 Å². The molecule has 112 heavy (non-hydrogen) atoms. The molecule has 6 aromatic rings. The molecule has 8 aliphatic rings. The number of nitrogens with zero attached hydrogens (tertiary/aromatic N) is 6. The van der Waals surface area contributed by atoms with Crippen LogP contribution in [0.15, 0.2) is 123 Å². The van der Waals surface area contributed by atoms with E-state index in [4.69, 9.17) is 38.4 Å². The van der Waals surface area contributed by atoms with Crippen molar-refractivity contribution < 1.29 is 78.8 Å². The zero-order valence-electron chi connectivity index (χ0n) is 65.3. The predicted octanol–water partition coefficient (Wildman–Crippen LogP) is 10.3. The molecule has 2 aromatic carbocycles. The summed E-state index contributed by atoms with van der Waals surface area (Å²) in [4.78, 5) is 119. The highest BCUT2D eigenvalue weighted by atomic mass is 32.2. The maximum absolute atomic E-state index is 14.8. The lowest BCUT2D eigenvalue weighted by molar-refractivity contribution is -0.143. The number of likely N-dealkylation sites (tertiary alicyclic amines) is 2. The number of ether oxygens (including phenoxy) is 6. The van der Waals surface area contributed by atoms with Gasteiger partial charge in [0, 0.05) is 72.1 Å². The second-order valence-corrected chi connectivity index (χ2v) is 38.5. The van der Waals surface area contributed by atoms with Gasteiger partial charge in [0.05, 0.1) is 70.6 Å². The average Bonchev–Trinajstić information content (AvgIpc) is 1.55. The topological polar surface area (TPSA) is 361 Å². The molecule has 0 bridgehead atoms. The molecule has 7 amide bonds. The second kappa shape index (κ2) is 30.2. The number of hydrogen-bond acceptors (Lipinski definition) is 21. The van der Waals surface area contributed by atoms with E-state index in [1.807, 2.05) is 42.5 Å². The zero-order chi connectivity index (χ0) is 80.5. The number of hydrogen-bond donors (Lipinski definition) is 5. The van der Waals surface area contributed by atoms with Crippen LogP contribution in [0.2, 0.25) is 0 Å². The Morgan fingerprint density at radius 3 is 1.34 bits per heavy atom. The Kier molecular flexibility index (Phi) is 21.6. The van der Waals surface area contributed by atoms with Gasteiger partial charge in [-0.25, -0.2) is 36.4 Å². The molecule has 30 heteroatoms. The highest BCUT2D eigenvalue weighted by Gasteiger charge is 2.66. The first-order valence-electron chi connectivity index (χ1n) is 38.3. The molecule has 0 radical (unpaired) electrons. The van der Waals surface area contributed by atoms with Crippen molar-refractivity contribution in [3.05, 3.63) is 123 Å². The number of carbonyl (C=O) groups excluding carboxylic acids is 7. The lowest BCUT2D eigenvalue weighted by atomic mass is 9.85. The number of benzene rings is 2. The number of pyridine rings is 4. The van der Waals surface area contributed by atoms with Crippen molar-refractivity contribution >= 4 is 83.6 Å². The molecule has 9 atom stereocenters. The zero-order valence-corrected chi connectivity index (χ0v) is 66.9. The average molecular weight is 1580 g/mol. The van der Waals surface area contributed by atoms with Crippen molar-refractivity contribution in [3.63, 3.8) is 0 Å². The molecular formula is C82H101N11O17S2. The van der Waals surface area contributed by atoms with Gasteiger partial charge in [0.15, 0.2) is 0 Å². The number of carbonyl (C=O) groups is 7. The SMILES string of the molecule is C=C[C@@H]1C[C@]1(NC(=O)[C@@H]1C[C@@H](Oc2cc(-c3ccccn3)nc3cc(OC)ccc23)CN1C(=O)OC(C)(C)C)C(=O)NS(=O)(=O)C1(CC2CC2)CC1.C=C[C@@H]1C[C@]1(NC(=O)[C@@H]1C[C@@H](Oc2cc(-c3ccccn3)nc3cc(OC)ccc23)CN1C(=O)[C@@H](NC(=O)OC(C)(C)C)C(C)(C)C)C(=O)NS(=O)(=O)C1(CC2CC2)CC1. The summed E-state index contributed by atoms with van der Waals surface area (Å²) in [6.07, 6.45) is 10.8. The minimum Gasteiger partial charge on any atom is -0.497 e. The van der Waals surface area contributed by atoms with Crippen LogP contribution in [-0.4, -0.2) is 178 Å². The monoisotopic (exact) mass is 1580 g/mol. The summed E-state index contributed by atoms with van der Waals surface area (Å²) in [5.74, 6) is -1.71. The maximum Gasteiger partial charge on any atom is 0.411 e. The van der Waals surface area contributed by atoms with Crippen LogP contribution in [0, 0.1) is 29.1 Å². The summed E-state index contributed by atoms with van der Waals surface area (Å²) in [6, 6.07) is 21.9. The standard InChI is InChI=1S/C44H56N6O9S.C38H45N5O8S/c1-9-27-24-44(27,39(53)49-60(55,56)43(17-18-43)23-26-13-14-26)48-37(51)34-21-29(25-50(34)38(52)36(41(2,3)4)47-40(54)59-42(5,6)7)58-35-22-33(31-12-10-11-19-45-31)46-32-20-28(57-8)15-16-30(32)35;1-6-24-21-38(24,34(45)42-52(47,48)37(14-15-37)20-23-10-11-23)41-33(44)31-18-26(22-43(31)35(46)51-36(2,3)4)50-32-19-30(28-9-7-8-16-39-28)40-29-17-25(49-5)12-13-27(29)32/h9-12,15-16,19-20,22,26-27,29,34,36H,1,13-14,17-18,21,23-25H2,2-8H3,(H,47,54)(H,48,51)(H,49,53);6-9,12-13,16-17,19,23-24,26,31H,1,10-11,14-15,18,20-22H2,2-5H3,(H,41,44)(H,42,45)/t27-,29-,34+,36-,44-;24-,26-,31+,38-/m11/s1. The highest BCUT2D eigenvalue weighted by Crippen LogP contribution is 2.55. The minimum absolute atomic E-state index is 0.000974. The molecule has 6 heterocycles. The van der Waals surface area contributed by atoms with Gasteiger partial charge in [-0.1, -0.05) is 70.7 Å². The van der Waals surface area contributed by atoms with Crippen molar-refractivity contribution in [1.29, 1.82) is 0 Å². The van der Waals surface area contributed by atoms with E-state index >= 15 is 0 Å². The van der Waals surface area contributed by atoms with Crippen molar-refractivity contribution in [3.8, 4) is 45.8 Å². The predicted molar refractivity (Wildman–Crippen MR) is 417 cm³/mol. The molecule has 6 saturated carbocycles. The van der Waals surface area contributed by atoms with E-state index in [0.717, 1.165) is 25.7 Å². The van der Waals surface area contributed by atoms with Crippen LogP contribution in [0.4, 0.5) is 9.59 Å². The summed E-state index contributed by atoms with van der Waals surface area (Å²) >= 11 is 0. The second-order valence-electron chi connectivity index (χ2n) is 34.3. The lowest BCUT2D eigenvalue weighted by Gasteiger charge is -2.36. The quantitative estimate of drug-likeness (QED) is 0.0315. The Labute approximate surface area is 653 Å². The number of sulfonamides is 2. The van der Waals surface area contributed by atoms with Gasteiger partial charge >= 0.3 is 12.2 Å². The van der Waals surface area contributed by atoms with Crippen molar-refractivity contribution in [2.45, 2.75) is 214 Å². The van der Waals surface area contributed by atoms with E-state index in [1.165, 1.54) is 15.9 Å². The van der Waals surface area contributed by atoms with Crippen LogP contribution >= 0.6 is 0 Å². The van der Waals surface area contributed by atoms with E-state index in [2.05, 4.69) is 48.5 Å². The van der Waals surface area contributed by atoms with Gasteiger partial charge < -0.3 is 49.3 Å². The third kappa shape index (κ3) is 17.3. The molecule has 0 unspecified atom stereocenters. The molecule has 2 saturated heterocycles. The number of amides is 7. The molecule has 0 spiro atoms. The number of rotatable bonds is 26. The number of aromatic nitrogens is 4. The molecule has 28 nitrogen and oxygen atoms in total. The summed E-state index contributed by atoms with van der Waals surface area (Å²) in [5.41, 5.74) is -2.17. The van der Waals surface area contributed by atoms with Crippen LogP contribution in [0.25, 0.3) is 44.6 Å². The van der Waals surface area contributed by atoms with Gasteiger partial charge in [0.2, 0.25) is 37.8 Å². The van der Waals surface area contributed by atoms with Gasteiger partial charge in [0.1, 0.15) is 75.6 Å². The summed E-state index contributed by atoms with van der Waals surface area (Å²) in [5, 5.41) is 9.79. The number of alkyl carbamates (subject to hydrolysis) is 1. The molecule has 2 aliphatic heterocycles. The van der Waals surface area contributed by atoms with Crippen molar-refractivity contribution in [2.75, 3.05) is 27.3 Å². The third-order valence-corrected chi connectivity index (χ3v) is 26.6. The lowest BCUT2D eigenvalue weighted by Crippen LogP contribution is -2.60. The Morgan fingerprint density at radius 1 is 0.562 bits per heavy atom. The molecule has 5 N–H and O–H groups in total. The van der Waals surface area contributed by atoms with Crippen molar-refractivity contribution in [2.24, 2.45) is 29.1 Å². The summed E-state index contributed by atoms with van der Waals surface area (Å²) < 4.78 is 92.4. The molecule has 598 valence electrons. The summed E-state index contributed by atoms with van der Waals surface area (Å²) in [7, 11) is -4.88. The van der Waals surface area contributed by atoms with Gasteiger partial charge in [-0.3, -0.25) is 48.3 Å². The Morgan fingerprint density at radius 2 is 0.982 bits per heavy atom. The van der Waals surface area contributed by atoms with Gasteiger partial charge in [-0.05, 0) is 159 Å². The molecule has 4 aromatic heterocycles.